The molecule has 1 saturated heterocycles. The Morgan fingerprint density at radius 1 is 0.935 bits per heavy atom. The molecule has 0 saturated carbocycles. The first-order chi connectivity index (χ1) is 14.9. The molecule has 0 atom stereocenters. The molecule has 1 aliphatic rings. The Morgan fingerprint density at radius 3 is 2.03 bits per heavy atom. The van der Waals surface area contributed by atoms with Crippen molar-refractivity contribution in [2.45, 2.75) is 25.1 Å². The minimum Gasteiger partial charge on any atom is -0.493 e. The second-order valence-corrected chi connectivity index (χ2v) is 9.24. The molecule has 0 unspecified atom stereocenters. The minimum absolute atomic E-state index is 0.0552. The van der Waals surface area contributed by atoms with Crippen molar-refractivity contribution in [3.05, 3.63) is 53.1 Å². The maximum absolute atomic E-state index is 12.5. The molecule has 1 aliphatic heterocycles. The molecule has 0 bridgehead atoms. The Labute approximate surface area is 183 Å². The van der Waals surface area contributed by atoms with Crippen LogP contribution in [0.1, 0.15) is 34.3 Å². The van der Waals surface area contributed by atoms with Gasteiger partial charge in [-0.05, 0) is 48.2 Å². The number of hydrogen-bond acceptors (Lipinski definition) is 6. The van der Waals surface area contributed by atoms with E-state index >= 15 is 0 Å². The van der Waals surface area contributed by atoms with Gasteiger partial charge in [-0.25, -0.2) is 12.7 Å². The highest BCUT2D eigenvalue weighted by Crippen LogP contribution is 2.38. The number of amides is 1. The summed E-state index contributed by atoms with van der Waals surface area (Å²) in [6.45, 7) is 1.44. The average molecular weight is 449 g/mol. The number of ether oxygens (including phenoxy) is 3. The smallest absolute Gasteiger partial charge is 0.251 e. The third-order valence-corrected chi connectivity index (χ3v) is 7.05. The zero-order valence-electron chi connectivity index (χ0n) is 18.0. The Bertz CT molecular complexity index is 990. The van der Waals surface area contributed by atoms with Crippen LogP contribution in [0.15, 0.2) is 36.4 Å². The minimum atomic E-state index is -3.31. The van der Waals surface area contributed by atoms with E-state index in [-0.39, 0.29) is 18.2 Å². The molecule has 0 radical (unpaired) electrons. The van der Waals surface area contributed by atoms with Crippen LogP contribution in [-0.2, 0) is 22.3 Å². The summed E-state index contributed by atoms with van der Waals surface area (Å²) in [7, 11) is 1.28. The number of methoxy groups -OCH3 is 3. The van der Waals surface area contributed by atoms with Crippen LogP contribution in [0.3, 0.4) is 0 Å². The molecule has 31 heavy (non-hydrogen) atoms. The lowest BCUT2D eigenvalue weighted by Crippen LogP contribution is -2.29. The molecule has 9 heteroatoms. The summed E-state index contributed by atoms with van der Waals surface area (Å²) in [4.78, 5) is 12.5. The van der Waals surface area contributed by atoms with Crippen molar-refractivity contribution in [1.29, 1.82) is 0 Å². The summed E-state index contributed by atoms with van der Waals surface area (Å²) in [6.07, 6.45) is 1.81. The summed E-state index contributed by atoms with van der Waals surface area (Å²) < 4.78 is 42.4. The van der Waals surface area contributed by atoms with E-state index in [1.54, 1.807) is 36.4 Å². The van der Waals surface area contributed by atoms with Gasteiger partial charge in [-0.1, -0.05) is 12.1 Å². The third-order valence-electron chi connectivity index (χ3n) is 5.20. The second kappa shape index (κ2) is 10.0. The van der Waals surface area contributed by atoms with Crippen LogP contribution >= 0.6 is 0 Å². The molecule has 3 rings (SSSR count). The monoisotopic (exact) mass is 448 g/mol. The van der Waals surface area contributed by atoms with Crippen LogP contribution in [0.2, 0.25) is 0 Å². The van der Waals surface area contributed by atoms with Crippen molar-refractivity contribution in [1.82, 2.24) is 9.62 Å². The van der Waals surface area contributed by atoms with Gasteiger partial charge in [0.15, 0.2) is 11.5 Å². The third kappa shape index (κ3) is 5.48. The van der Waals surface area contributed by atoms with Crippen LogP contribution < -0.4 is 19.5 Å². The van der Waals surface area contributed by atoms with Crippen molar-refractivity contribution in [3.63, 3.8) is 0 Å². The highest BCUT2D eigenvalue weighted by atomic mass is 32.2. The van der Waals surface area contributed by atoms with Gasteiger partial charge in [0.2, 0.25) is 15.8 Å². The summed E-state index contributed by atoms with van der Waals surface area (Å²) in [6, 6.07) is 10.2. The van der Waals surface area contributed by atoms with Gasteiger partial charge in [-0.2, -0.15) is 0 Å². The van der Waals surface area contributed by atoms with Crippen LogP contribution in [0.5, 0.6) is 17.2 Å². The summed E-state index contributed by atoms with van der Waals surface area (Å²) in [5.74, 6) is 1.19. The van der Waals surface area contributed by atoms with Gasteiger partial charge in [0.05, 0.1) is 27.1 Å². The van der Waals surface area contributed by atoms with E-state index in [0.29, 0.717) is 41.5 Å². The van der Waals surface area contributed by atoms with Crippen molar-refractivity contribution in [3.8, 4) is 17.2 Å². The van der Waals surface area contributed by atoms with Crippen molar-refractivity contribution in [2.75, 3.05) is 34.4 Å². The number of hydrogen-bond donors (Lipinski definition) is 1. The lowest BCUT2D eigenvalue weighted by Gasteiger charge is -2.15. The summed E-state index contributed by atoms with van der Waals surface area (Å²) >= 11 is 0. The molecule has 1 N–H and O–H groups in total. The summed E-state index contributed by atoms with van der Waals surface area (Å²) in [5, 5.41) is 2.85. The number of nitrogens with one attached hydrogen (secondary N) is 1. The number of benzene rings is 2. The number of nitrogens with zero attached hydrogens (tertiary/aromatic N) is 1. The standard InChI is InChI=1S/C22H28N2O6S/c1-28-19-12-17(13-20(29-2)21(19)30-3)14-23-22(25)18-8-6-16(7-9-18)15-31(26,27)24-10-4-5-11-24/h6-9,12-13H,4-5,10-11,14-15H2,1-3H3,(H,23,25). The highest BCUT2D eigenvalue weighted by molar-refractivity contribution is 7.88. The molecule has 2 aromatic carbocycles. The molecule has 8 nitrogen and oxygen atoms in total. The van der Waals surface area contributed by atoms with E-state index < -0.39 is 10.0 Å². The molecule has 1 fully saturated rings. The lowest BCUT2D eigenvalue weighted by atomic mass is 10.1. The molecule has 0 aromatic heterocycles. The van der Waals surface area contributed by atoms with Crippen LogP contribution in [0, 0.1) is 0 Å². The zero-order valence-corrected chi connectivity index (χ0v) is 18.8. The van der Waals surface area contributed by atoms with E-state index in [4.69, 9.17) is 14.2 Å². The van der Waals surface area contributed by atoms with Gasteiger partial charge in [0.1, 0.15) is 0 Å². The quantitative estimate of drug-likeness (QED) is 0.634. The van der Waals surface area contributed by atoms with E-state index in [2.05, 4.69) is 5.32 Å². The van der Waals surface area contributed by atoms with Crippen molar-refractivity contribution < 1.29 is 27.4 Å². The number of carbonyl (C=O) groups excluding carboxylic acids is 1. The predicted molar refractivity (Wildman–Crippen MR) is 117 cm³/mol. The van der Waals surface area contributed by atoms with E-state index in [0.717, 1.165) is 18.4 Å². The Balaban J connectivity index is 1.63. The molecule has 1 amide bonds. The molecule has 0 spiro atoms. The normalized spacial score (nSPS) is 14.3. The fourth-order valence-corrected chi connectivity index (χ4v) is 5.15. The van der Waals surface area contributed by atoms with Crippen LogP contribution in [-0.4, -0.2) is 53.0 Å². The van der Waals surface area contributed by atoms with Crippen LogP contribution in [0.4, 0.5) is 0 Å². The van der Waals surface area contributed by atoms with E-state index in [1.165, 1.54) is 25.6 Å². The average Bonchev–Trinajstić information content (AvgIpc) is 3.33. The maximum atomic E-state index is 12.5. The fraction of sp³-hybridized carbons (Fsp3) is 0.409. The molecular weight excluding hydrogens is 420 g/mol. The fourth-order valence-electron chi connectivity index (χ4n) is 3.54. The van der Waals surface area contributed by atoms with Crippen LogP contribution in [0.25, 0.3) is 0 Å². The molecule has 2 aromatic rings. The first kappa shape index (κ1) is 22.9. The lowest BCUT2D eigenvalue weighted by molar-refractivity contribution is 0.0951. The van der Waals surface area contributed by atoms with Gasteiger partial charge in [-0.15, -0.1) is 0 Å². The largest absolute Gasteiger partial charge is 0.493 e. The number of sulfonamides is 1. The Kier molecular flexibility index (Phi) is 7.40. The topological polar surface area (TPSA) is 94.2 Å². The maximum Gasteiger partial charge on any atom is 0.251 e. The van der Waals surface area contributed by atoms with Gasteiger partial charge in [-0.3, -0.25) is 4.79 Å². The van der Waals surface area contributed by atoms with E-state index in [9.17, 15) is 13.2 Å². The van der Waals surface area contributed by atoms with Gasteiger partial charge >= 0.3 is 0 Å². The van der Waals surface area contributed by atoms with Gasteiger partial charge in [0.25, 0.3) is 5.91 Å². The van der Waals surface area contributed by atoms with Gasteiger partial charge in [0, 0.05) is 25.2 Å². The first-order valence-corrected chi connectivity index (χ1v) is 11.6. The second-order valence-electron chi connectivity index (χ2n) is 7.28. The number of carbonyl (C=O) groups is 1. The molecule has 168 valence electrons. The van der Waals surface area contributed by atoms with Crippen molar-refractivity contribution in [2.24, 2.45) is 0 Å². The zero-order chi connectivity index (χ0) is 22.4. The molecule has 1 heterocycles. The first-order valence-electron chi connectivity index (χ1n) is 10.0. The Hall–Kier alpha value is -2.78. The number of rotatable bonds is 9. The van der Waals surface area contributed by atoms with Gasteiger partial charge < -0.3 is 19.5 Å². The van der Waals surface area contributed by atoms with E-state index in [1.807, 2.05) is 0 Å². The molecular formula is C22H28N2O6S. The molecule has 0 aliphatic carbocycles. The van der Waals surface area contributed by atoms with Crippen molar-refractivity contribution >= 4 is 15.9 Å². The predicted octanol–water partition coefficient (Wildman–Crippen LogP) is 2.57. The SMILES string of the molecule is COc1cc(CNC(=O)c2ccc(CS(=O)(=O)N3CCCC3)cc2)cc(OC)c1OC. The summed E-state index contributed by atoms with van der Waals surface area (Å²) in [5.41, 5.74) is 1.90. The highest BCUT2D eigenvalue weighted by Gasteiger charge is 2.25. The Morgan fingerprint density at radius 2 is 1.52 bits per heavy atom.